The molecule has 0 fully saturated rings. The number of hydrogen-bond acceptors (Lipinski definition) is 8. The number of carbonyl (C=O) groups excluding carboxylic acids is 2. The maximum absolute atomic E-state index is 14.0. The van der Waals surface area contributed by atoms with Crippen molar-refractivity contribution in [1.29, 1.82) is 0 Å². The van der Waals surface area contributed by atoms with E-state index >= 15 is 0 Å². The number of halogens is 3. The Bertz CT molecular complexity index is 1860. The Morgan fingerprint density at radius 1 is 1.02 bits per heavy atom. The molecule has 0 aliphatic rings. The number of nitro benzene ring substituents is 1. The van der Waals surface area contributed by atoms with E-state index in [-0.39, 0.29) is 45.2 Å². The van der Waals surface area contributed by atoms with Crippen molar-refractivity contribution in [3.8, 4) is 11.4 Å². The van der Waals surface area contributed by atoms with Gasteiger partial charge in [-0.15, -0.1) is 0 Å². The van der Waals surface area contributed by atoms with Crippen molar-refractivity contribution in [2.45, 2.75) is 37.9 Å². The number of aromatic nitrogens is 1. The maximum Gasteiger partial charge on any atom is 0.387 e. The van der Waals surface area contributed by atoms with Crippen LogP contribution in [0.1, 0.15) is 39.0 Å². The Morgan fingerprint density at radius 3 is 2.24 bits per heavy atom. The van der Waals surface area contributed by atoms with E-state index in [0.29, 0.717) is 5.69 Å². The van der Waals surface area contributed by atoms with E-state index in [1.807, 2.05) is 0 Å². The topological polar surface area (TPSA) is 147 Å². The number of esters is 1. The zero-order valence-electron chi connectivity index (χ0n) is 24.0. The van der Waals surface area contributed by atoms with Crippen molar-refractivity contribution in [2.75, 3.05) is 11.6 Å². The van der Waals surface area contributed by atoms with Crippen LogP contribution in [0.2, 0.25) is 0 Å². The Kier molecular flexibility index (Phi) is 9.61. The van der Waals surface area contributed by atoms with Gasteiger partial charge >= 0.3 is 12.6 Å². The molecule has 45 heavy (non-hydrogen) atoms. The fourth-order valence-electron chi connectivity index (χ4n) is 4.54. The molecule has 1 aromatic heterocycles. The number of benzene rings is 3. The van der Waals surface area contributed by atoms with Crippen molar-refractivity contribution in [3.63, 3.8) is 0 Å². The standard InChI is InChI=1S/C30H26F3N3O8S/c1-17(43-29(38)19-4-9-22(10-5-19)36(39)40)14-23-16-25(28(37)34-21-7-11-24(12-8-21)45(3,41)42)18(2)35(23)26-13-6-20(31)15-27(26)44-30(32)33/h4-13,15-17,30H,14H2,1-3H3,(H,34,37)/t17-/m1/s1. The van der Waals surface area contributed by atoms with Crippen LogP contribution in [0.5, 0.6) is 5.75 Å². The predicted molar refractivity (Wildman–Crippen MR) is 156 cm³/mol. The Morgan fingerprint density at radius 2 is 1.67 bits per heavy atom. The van der Waals surface area contributed by atoms with Gasteiger partial charge in [-0.2, -0.15) is 8.78 Å². The second kappa shape index (κ2) is 13.2. The molecule has 3 aromatic carbocycles. The van der Waals surface area contributed by atoms with E-state index in [1.165, 1.54) is 60.0 Å². The molecule has 4 aromatic rings. The Balaban J connectivity index is 1.68. The normalized spacial score (nSPS) is 12.1. The summed E-state index contributed by atoms with van der Waals surface area (Å²) < 4.78 is 75.6. The van der Waals surface area contributed by atoms with E-state index in [0.717, 1.165) is 30.5 Å². The minimum atomic E-state index is -3.47. The maximum atomic E-state index is 14.0. The van der Waals surface area contributed by atoms with Crippen LogP contribution in [0.25, 0.3) is 5.69 Å². The molecule has 1 atom stereocenters. The fraction of sp³-hybridized carbons (Fsp3) is 0.200. The number of amides is 1. The average molecular weight is 646 g/mol. The smallest absolute Gasteiger partial charge is 0.387 e. The van der Waals surface area contributed by atoms with E-state index in [9.17, 15) is 41.3 Å². The second-order valence-electron chi connectivity index (χ2n) is 9.94. The average Bonchev–Trinajstić information content (AvgIpc) is 3.27. The summed E-state index contributed by atoms with van der Waals surface area (Å²) in [6.07, 6.45) is 0.126. The molecule has 0 unspecified atom stereocenters. The molecule has 0 radical (unpaired) electrons. The highest BCUT2D eigenvalue weighted by atomic mass is 32.2. The van der Waals surface area contributed by atoms with Gasteiger partial charge < -0.3 is 19.4 Å². The predicted octanol–water partition coefficient (Wildman–Crippen LogP) is 5.88. The summed E-state index contributed by atoms with van der Waals surface area (Å²) in [6, 6.07) is 14.6. The molecule has 1 N–H and O–H groups in total. The van der Waals surface area contributed by atoms with Gasteiger partial charge in [-0.1, -0.05) is 0 Å². The molecule has 0 aliphatic carbocycles. The SMILES string of the molecule is Cc1c(C(=O)Nc2ccc(S(C)(=O)=O)cc2)cc(C[C@@H](C)OC(=O)c2ccc([N+](=O)[O-])cc2)n1-c1ccc(F)cc1OC(F)F. The minimum absolute atomic E-state index is 0.0188. The Labute approximate surface area is 255 Å². The molecule has 1 heterocycles. The lowest BCUT2D eigenvalue weighted by Crippen LogP contribution is -2.19. The summed E-state index contributed by atoms with van der Waals surface area (Å²) in [5.74, 6) is -2.77. The zero-order chi connectivity index (χ0) is 33.1. The summed E-state index contributed by atoms with van der Waals surface area (Å²) in [5.41, 5.74) is 0.719. The van der Waals surface area contributed by atoms with Gasteiger partial charge in [-0.05, 0) is 68.4 Å². The molecule has 11 nitrogen and oxygen atoms in total. The summed E-state index contributed by atoms with van der Waals surface area (Å²) in [6.45, 7) is -0.224. The fourth-order valence-corrected chi connectivity index (χ4v) is 5.17. The lowest BCUT2D eigenvalue weighted by molar-refractivity contribution is -0.384. The number of nitrogens with one attached hydrogen (secondary N) is 1. The number of nitrogens with zero attached hydrogens (tertiary/aromatic N) is 2. The minimum Gasteiger partial charge on any atom is -0.459 e. The molecule has 236 valence electrons. The third kappa shape index (κ3) is 7.86. The molecule has 0 spiro atoms. The van der Waals surface area contributed by atoms with Crippen molar-refractivity contribution in [2.24, 2.45) is 0 Å². The van der Waals surface area contributed by atoms with E-state index in [1.54, 1.807) is 6.92 Å². The van der Waals surface area contributed by atoms with Crippen LogP contribution in [0.4, 0.5) is 24.5 Å². The number of rotatable bonds is 11. The van der Waals surface area contributed by atoms with Crippen LogP contribution in [-0.2, 0) is 21.0 Å². The van der Waals surface area contributed by atoms with Gasteiger partial charge in [0.1, 0.15) is 11.9 Å². The molecule has 0 saturated heterocycles. The van der Waals surface area contributed by atoms with Gasteiger partial charge in [0.15, 0.2) is 15.6 Å². The highest BCUT2D eigenvalue weighted by molar-refractivity contribution is 7.90. The Hall–Kier alpha value is -5.18. The molecule has 0 bridgehead atoms. The zero-order valence-corrected chi connectivity index (χ0v) is 24.8. The quantitative estimate of drug-likeness (QED) is 0.121. The highest BCUT2D eigenvalue weighted by Gasteiger charge is 2.25. The monoisotopic (exact) mass is 645 g/mol. The van der Waals surface area contributed by atoms with Gasteiger partial charge in [-0.25, -0.2) is 17.6 Å². The van der Waals surface area contributed by atoms with E-state index in [2.05, 4.69) is 10.1 Å². The van der Waals surface area contributed by atoms with Crippen molar-refractivity contribution >= 4 is 33.1 Å². The first-order valence-corrected chi connectivity index (χ1v) is 15.1. The number of ether oxygens (including phenoxy) is 2. The van der Waals surface area contributed by atoms with Gasteiger partial charge in [0.05, 0.1) is 26.6 Å². The van der Waals surface area contributed by atoms with E-state index in [4.69, 9.17) is 4.74 Å². The van der Waals surface area contributed by atoms with Crippen molar-refractivity contribution < 1.29 is 45.6 Å². The number of carbonyl (C=O) groups is 2. The number of non-ortho nitro benzene ring substituents is 1. The highest BCUT2D eigenvalue weighted by Crippen LogP contribution is 2.32. The molecular formula is C30H26F3N3O8S. The lowest BCUT2D eigenvalue weighted by atomic mass is 10.1. The van der Waals surface area contributed by atoms with Crippen LogP contribution < -0.4 is 10.1 Å². The number of sulfone groups is 1. The first-order valence-electron chi connectivity index (χ1n) is 13.2. The number of nitro groups is 1. The molecule has 0 aliphatic heterocycles. The summed E-state index contributed by atoms with van der Waals surface area (Å²) in [4.78, 5) is 36.4. The summed E-state index contributed by atoms with van der Waals surface area (Å²) in [7, 11) is -3.47. The summed E-state index contributed by atoms with van der Waals surface area (Å²) >= 11 is 0. The third-order valence-corrected chi connectivity index (χ3v) is 7.73. The molecule has 4 rings (SSSR count). The number of anilines is 1. The van der Waals surface area contributed by atoms with Crippen LogP contribution in [0.15, 0.2) is 77.7 Å². The molecule has 1 amide bonds. The first kappa shape index (κ1) is 32.7. The lowest BCUT2D eigenvalue weighted by Gasteiger charge is -2.19. The van der Waals surface area contributed by atoms with Gasteiger partial charge in [0.2, 0.25) is 0 Å². The number of hydrogen-bond donors (Lipinski definition) is 1. The second-order valence-corrected chi connectivity index (χ2v) is 12.0. The third-order valence-electron chi connectivity index (χ3n) is 6.61. The largest absolute Gasteiger partial charge is 0.459 e. The van der Waals surface area contributed by atoms with Gasteiger partial charge in [-0.3, -0.25) is 14.9 Å². The van der Waals surface area contributed by atoms with Crippen LogP contribution in [-0.4, -0.2) is 48.8 Å². The van der Waals surface area contributed by atoms with Gasteiger partial charge in [0.25, 0.3) is 11.6 Å². The van der Waals surface area contributed by atoms with Crippen LogP contribution in [0.3, 0.4) is 0 Å². The van der Waals surface area contributed by atoms with Crippen molar-refractivity contribution in [3.05, 3.63) is 111 Å². The van der Waals surface area contributed by atoms with Crippen LogP contribution >= 0.6 is 0 Å². The van der Waals surface area contributed by atoms with Gasteiger partial charge in [0, 0.05) is 48.0 Å². The molecular weight excluding hydrogens is 619 g/mol. The first-order chi connectivity index (χ1) is 21.1. The molecule has 15 heteroatoms. The van der Waals surface area contributed by atoms with Crippen LogP contribution in [0, 0.1) is 22.9 Å². The molecule has 0 saturated carbocycles. The number of alkyl halides is 2. The van der Waals surface area contributed by atoms with E-state index < -0.39 is 50.9 Å². The van der Waals surface area contributed by atoms with Crippen molar-refractivity contribution in [1.82, 2.24) is 4.57 Å². The summed E-state index contributed by atoms with van der Waals surface area (Å²) in [5, 5.41) is 13.6.